The molecule has 2 fully saturated rings. The van der Waals surface area contributed by atoms with Gasteiger partial charge >= 0.3 is 5.97 Å². The van der Waals surface area contributed by atoms with Gasteiger partial charge in [-0.1, -0.05) is 0 Å². The molecule has 2 aliphatic carbocycles. The van der Waals surface area contributed by atoms with Crippen molar-refractivity contribution in [2.45, 2.75) is 25.7 Å². The van der Waals surface area contributed by atoms with Crippen molar-refractivity contribution in [1.82, 2.24) is 0 Å². The summed E-state index contributed by atoms with van der Waals surface area (Å²) in [7, 11) is 1.36. The summed E-state index contributed by atoms with van der Waals surface area (Å²) in [4.78, 5) is 22.8. The van der Waals surface area contributed by atoms with E-state index in [0.29, 0.717) is 12.3 Å². The Bertz CT molecular complexity index is 236. The standard InChI is InChI=1S/C9H12O3/c1-12-8(11)9-5-6(9)3-2-4-7(9)10/h6H,2-5H2,1H3/t6-,9-/m0/s1. The zero-order valence-electron chi connectivity index (χ0n) is 7.13. The molecule has 0 aliphatic heterocycles. The molecule has 0 unspecified atom stereocenters. The Morgan fingerprint density at radius 3 is 3.00 bits per heavy atom. The van der Waals surface area contributed by atoms with Crippen LogP contribution in [0, 0.1) is 11.3 Å². The Balaban J connectivity index is 2.21. The van der Waals surface area contributed by atoms with Crippen LogP contribution in [0.1, 0.15) is 25.7 Å². The molecule has 0 N–H and O–H groups in total. The van der Waals surface area contributed by atoms with Gasteiger partial charge in [0.15, 0.2) is 0 Å². The van der Waals surface area contributed by atoms with Crippen molar-refractivity contribution < 1.29 is 14.3 Å². The normalized spacial score (nSPS) is 38.8. The molecule has 3 nitrogen and oxygen atoms in total. The Morgan fingerprint density at radius 2 is 2.42 bits per heavy atom. The quantitative estimate of drug-likeness (QED) is 0.432. The zero-order chi connectivity index (χ0) is 8.77. The molecule has 0 amide bonds. The fourth-order valence-corrected chi connectivity index (χ4v) is 2.30. The monoisotopic (exact) mass is 168 g/mol. The van der Waals surface area contributed by atoms with Crippen molar-refractivity contribution in [2.24, 2.45) is 11.3 Å². The maximum atomic E-state index is 11.5. The fraction of sp³-hybridized carbons (Fsp3) is 0.778. The third kappa shape index (κ3) is 0.765. The first-order valence-electron chi connectivity index (χ1n) is 4.33. The van der Waals surface area contributed by atoms with E-state index >= 15 is 0 Å². The van der Waals surface area contributed by atoms with Crippen LogP contribution in [0.4, 0.5) is 0 Å². The Morgan fingerprint density at radius 1 is 1.67 bits per heavy atom. The minimum Gasteiger partial charge on any atom is -0.468 e. The number of methoxy groups -OCH3 is 1. The van der Waals surface area contributed by atoms with Crippen LogP contribution in [0.25, 0.3) is 0 Å². The van der Waals surface area contributed by atoms with Crippen LogP contribution in [-0.4, -0.2) is 18.9 Å². The number of ketones is 1. The molecule has 66 valence electrons. The number of hydrogen-bond donors (Lipinski definition) is 0. The third-order valence-corrected chi connectivity index (χ3v) is 3.11. The minimum absolute atomic E-state index is 0.102. The Kier molecular flexibility index (Phi) is 1.50. The summed E-state index contributed by atoms with van der Waals surface area (Å²) >= 11 is 0. The molecule has 0 saturated heterocycles. The highest BCUT2D eigenvalue weighted by Gasteiger charge is 2.66. The van der Waals surface area contributed by atoms with Crippen LogP contribution < -0.4 is 0 Å². The molecular formula is C9H12O3. The van der Waals surface area contributed by atoms with E-state index in [0.717, 1.165) is 19.3 Å². The Hall–Kier alpha value is -0.860. The van der Waals surface area contributed by atoms with E-state index in [9.17, 15) is 9.59 Å². The largest absolute Gasteiger partial charge is 0.468 e. The lowest BCUT2D eigenvalue weighted by molar-refractivity contribution is -0.153. The summed E-state index contributed by atoms with van der Waals surface area (Å²) in [5.74, 6) is 0.0917. The van der Waals surface area contributed by atoms with Crippen LogP contribution >= 0.6 is 0 Å². The molecule has 2 saturated carbocycles. The highest BCUT2D eigenvalue weighted by atomic mass is 16.5. The van der Waals surface area contributed by atoms with Gasteiger partial charge in [0.25, 0.3) is 0 Å². The smallest absolute Gasteiger partial charge is 0.319 e. The summed E-state index contributed by atoms with van der Waals surface area (Å²) in [6.07, 6.45) is 3.26. The first-order valence-corrected chi connectivity index (χ1v) is 4.33. The number of ether oxygens (including phenoxy) is 1. The molecule has 2 atom stereocenters. The molecule has 0 aromatic rings. The van der Waals surface area contributed by atoms with Gasteiger partial charge in [0.2, 0.25) is 0 Å². The van der Waals surface area contributed by atoms with Gasteiger partial charge in [-0.3, -0.25) is 9.59 Å². The molecule has 0 bridgehead atoms. The van der Waals surface area contributed by atoms with E-state index in [1.807, 2.05) is 0 Å². The Labute approximate surface area is 71.1 Å². The van der Waals surface area contributed by atoms with E-state index in [1.54, 1.807) is 0 Å². The molecular weight excluding hydrogens is 156 g/mol. The van der Waals surface area contributed by atoms with Gasteiger partial charge in [0.1, 0.15) is 11.2 Å². The summed E-state index contributed by atoms with van der Waals surface area (Å²) in [6, 6.07) is 0. The highest BCUT2D eigenvalue weighted by Crippen LogP contribution is 2.59. The maximum Gasteiger partial charge on any atom is 0.319 e. The first kappa shape index (κ1) is 7.77. The predicted molar refractivity (Wildman–Crippen MR) is 41.4 cm³/mol. The van der Waals surface area contributed by atoms with E-state index in [1.165, 1.54) is 7.11 Å². The number of fused-ring (bicyclic) bond motifs is 1. The van der Waals surface area contributed by atoms with Crippen LogP contribution in [-0.2, 0) is 14.3 Å². The van der Waals surface area contributed by atoms with E-state index in [4.69, 9.17) is 0 Å². The number of carbonyl (C=O) groups excluding carboxylic acids is 2. The average molecular weight is 168 g/mol. The molecule has 12 heavy (non-hydrogen) atoms. The van der Waals surface area contributed by atoms with Crippen molar-refractivity contribution >= 4 is 11.8 Å². The van der Waals surface area contributed by atoms with Crippen LogP contribution in [0.15, 0.2) is 0 Å². The summed E-state index contributed by atoms with van der Waals surface area (Å²) < 4.78 is 4.64. The van der Waals surface area contributed by atoms with E-state index in [-0.39, 0.29) is 11.8 Å². The second-order valence-corrected chi connectivity index (χ2v) is 3.68. The van der Waals surface area contributed by atoms with Crippen molar-refractivity contribution in [2.75, 3.05) is 7.11 Å². The number of Topliss-reactive ketones (excluding diaryl/α,β-unsaturated/α-hetero) is 1. The van der Waals surface area contributed by atoms with Crippen molar-refractivity contribution in [1.29, 1.82) is 0 Å². The van der Waals surface area contributed by atoms with Gasteiger partial charge in [-0.2, -0.15) is 0 Å². The first-order chi connectivity index (χ1) is 5.71. The number of hydrogen-bond acceptors (Lipinski definition) is 3. The number of rotatable bonds is 1. The molecule has 0 aromatic carbocycles. The van der Waals surface area contributed by atoms with Crippen molar-refractivity contribution in [3.05, 3.63) is 0 Å². The lowest BCUT2D eigenvalue weighted by atomic mass is 9.87. The molecule has 0 aromatic heterocycles. The van der Waals surface area contributed by atoms with Crippen LogP contribution in [0.2, 0.25) is 0 Å². The molecule has 0 heterocycles. The second kappa shape index (κ2) is 2.31. The lowest BCUT2D eigenvalue weighted by Gasteiger charge is -2.17. The van der Waals surface area contributed by atoms with Crippen molar-refractivity contribution in [3.63, 3.8) is 0 Å². The summed E-state index contributed by atoms with van der Waals surface area (Å²) in [5.41, 5.74) is -0.687. The predicted octanol–water partition coefficient (Wildman–Crippen LogP) is 0.919. The van der Waals surface area contributed by atoms with Crippen LogP contribution in [0.5, 0.6) is 0 Å². The molecule has 0 radical (unpaired) electrons. The molecule has 3 heteroatoms. The number of esters is 1. The van der Waals surface area contributed by atoms with Gasteiger partial charge in [-0.15, -0.1) is 0 Å². The molecule has 0 spiro atoms. The molecule has 2 rings (SSSR count). The SMILES string of the molecule is COC(=O)[C@@]12C[C@@H]1CCCC2=O. The summed E-state index contributed by atoms with van der Waals surface area (Å²) in [5, 5.41) is 0. The van der Waals surface area contributed by atoms with Crippen LogP contribution in [0.3, 0.4) is 0 Å². The number of carbonyl (C=O) groups is 2. The second-order valence-electron chi connectivity index (χ2n) is 3.68. The maximum absolute atomic E-state index is 11.5. The van der Waals surface area contributed by atoms with Gasteiger partial charge in [0, 0.05) is 6.42 Å². The minimum atomic E-state index is -0.687. The fourth-order valence-electron chi connectivity index (χ4n) is 2.30. The zero-order valence-corrected chi connectivity index (χ0v) is 7.13. The molecule has 2 aliphatic rings. The topological polar surface area (TPSA) is 43.4 Å². The van der Waals surface area contributed by atoms with Gasteiger partial charge in [0.05, 0.1) is 7.11 Å². The van der Waals surface area contributed by atoms with E-state index in [2.05, 4.69) is 4.74 Å². The summed E-state index contributed by atoms with van der Waals surface area (Å²) in [6.45, 7) is 0. The van der Waals surface area contributed by atoms with E-state index < -0.39 is 5.41 Å². The average Bonchev–Trinajstić information content (AvgIpc) is 2.80. The van der Waals surface area contributed by atoms with Crippen molar-refractivity contribution in [3.8, 4) is 0 Å². The lowest BCUT2D eigenvalue weighted by Crippen LogP contribution is -2.31. The van der Waals surface area contributed by atoms with Gasteiger partial charge in [-0.05, 0) is 25.2 Å². The third-order valence-electron chi connectivity index (χ3n) is 3.11. The van der Waals surface area contributed by atoms with Gasteiger partial charge in [-0.25, -0.2) is 0 Å². The highest BCUT2D eigenvalue weighted by molar-refractivity contribution is 6.07. The van der Waals surface area contributed by atoms with Gasteiger partial charge < -0.3 is 4.74 Å².